The van der Waals surface area contributed by atoms with Crippen LogP contribution < -0.4 is 10.1 Å². The van der Waals surface area contributed by atoms with Gasteiger partial charge >= 0.3 is 0 Å². The number of ether oxygens (including phenoxy) is 3. The van der Waals surface area contributed by atoms with Crippen LogP contribution in [0.5, 0.6) is 5.75 Å². The van der Waals surface area contributed by atoms with Gasteiger partial charge in [-0.3, -0.25) is 0 Å². The number of rotatable bonds is 11. The molecule has 0 radical (unpaired) electrons. The minimum absolute atomic E-state index is 0.0890. The van der Waals surface area contributed by atoms with Crippen LogP contribution in [0.15, 0.2) is 24.3 Å². The minimum atomic E-state index is -0.530. The second-order valence-electron chi connectivity index (χ2n) is 6.07. The third-order valence-corrected chi connectivity index (χ3v) is 3.07. The Kier molecular flexibility index (Phi) is 9.17. The average molecular weight is 325 g/mol. The van der Waals surface area contributed by atoms with Crippen LogP contribution in [0.4, 0.5) is 0 Å². The molecule has 0 aliphatic carbocycles. The van der Waals surface area contributed by atoms with Crippen LogP contribution in [0.3, 0.4) is 0 Å². The first-order valence-corrected chi connectivity index (χ1v) is 8.33. The van der Waals surface area contributed by atoms with Gasteiger partial charge < -0.3 is 24.6 Å². The standard InChI is InChI=1S/C18H31NO4/c1-6-21-18(23-14(4)5)15-7-9-17(10-8-15)22-12-16(20)11-19-13(2)3/h7-10,13-14,16,18-20H,6,11-12H2,1-5H3. The average Bonchev–Trinajstić information content (AvgIpc) is 2.50. The first-order chi connectivity index (χ1) is 10.9. The highest BCUT2D eigenvalue weighted by atomic mass is 16.7. The molecule has 132 valence electrons. The Balaban J connectivity index is 2.51. The number of aliphatic hydroxyl groups is 1. The maximum atomic E-state index is 9.84. The zero-order chi connectivity index (χ0) is 17.2. The van der Waals surface area contributed by atoms with Gasteiger partial charge in [0.2, 0.25) is 0 Å². The Morgan fingerprint density at radius 1 is 1.09 bits per heavy atom. The summed E-state index contributed by atoms with van der Waals surface area (Å²) in [6.45, 7) is 11.4. The van der Waals surface area contributed by atoms with Crippen molar-refractivity contribution in [1.29, 1.82) is 0 Å². The van der Waals surface area contributed by atoms with Crippen molar-refractivity contribution < 1.29 is 19.3 Å². The Bertz CT molecular complexity index is 420. The van der Waals surface area contributed by atoms with Crippen LogP contribution in [0.2, 0.25) is 0 Å². The normalized spacial score (nSPS) is 14.3. The molecule has 0 fully saturated rings. The zero-order valence-corrected chi connectivity index (χ0v) is 14.9. The topological polar surface area (TPSA) is 60.0 Å². The molecule has 2 unspecified atom stereocenters. The number of aliphatic hydroxyl groups excluding tert-OH is 1. The summed E-state index contributed by atoms with van der Waals surface area (Å²) in [5, 5.41) is 13.0. The van der Waals surface area contributed by atoms with Gasteiger partial charge in [-0.15, -0.1) is 0 Å². The van der Waals surface area contributed by atoms with Gasteiger partial charge in [0, 0.05) is 24.8 Å². The molecular formula is C18H31NO4. The van der Waals surface area contributed by atoms with Crippen LogP contribution in [0, 0.1) is 0 Å². The van der Waals surface area contributed by atoms with E-state index in [0.29, 0.717) is 19.2 Å². The lowest BCUT2D eigenvalue weighted by molar-refractivity contribution is -0.164. The van der Waals surface area contributed by atoms with Crippen molar-refractivity contribution in [3.05, 3.63) is 29.8 Å². The molecule has 0 spiro atoms. The highest BCUT2D eigenvalue weighted by Crippen LogP contribution is 2.23. The lowest BCUT2D eigenvalue weighted by Gasteiger charge is -2.21. The monoisotopic (exact) mass is 325 g/mol. The molecule has 2 N–H and O–H groups in total. The van der Waals surface area contributed by atoms with Crippen LogP contribution in [-0.2, 0) is 9.47 Å². The molecule has 23 heavy (non-hydrogen) atoms. The fourth-order valence-corrected chi connectivity index (χ4v) is 1.96. The van der Waals surface area contributed by atoms with E-state index in [1.165, 1.54) is 0 Å². The van der Waals surface area contributed by atoms with Crippen molar-refractivity contribution in [1.82, 2.24) is 5.32 Å². The molecule has 2 atom stereocenters. The van der Waals surface area contributed by atoms with E-state index in [9.17, 15) is 5.11 Å². The van der Waals surface area contributed by atoms with E-state index < -0.39 is 6.10 Å². The first kappa shape index (κ1) is 19.9. The van der Waals surface area contributed by atoms with Crippen LogP contribution in [0.1, 0.15) is 46.5 Å². The molecule has 0 saturated carbocycles. The molecule has 0 amide bonds. The third-order valence-electron chi connectivity index (χ3n) is 3.07. The summed E-state index contributed by atoms with van der Waals surface area (Å²) in [7, 11) is 0. The van der Waals surface area contributed by atoms with E-state index in [-0.39, 0.29) is 19.0 Å². The van der Waals surface area contributed by atoms with Gasteiger partial charge in [0.15, 0.2) is 6.29 Å². The summed E-state index contributed by atoms with van der Waals surface area (Å²) in [6, 6.07) is 7.94. The van der Waals surface area contributed by atoms with Gasteiger partial charge in [0.1, 0.15) is 18.5 Å². The van der Waals surface area contributed by atoms with Crippen molar-refractivity contribution in [2.45, 2.75) is 59.2 Å². The van der Waals surface area contributed by atoms with Crippen LogP contribution in [-0.4, -0.2) is 43.1 Å². The van der Waals surface area contributed by atoms with E-state index in [1.807, 2.05) is 58.9 Å². The molecule has 1 rings (SSSR count). The number of benzene rings is 1. The van der Waals surface area contributed by atoms with Gasteiger partial charge in [-0.05, 0) is 32.9 Å². The largest absolute Gasteiger partial charge is 0.491 e. The first-order valence-electron chi connectivity index (χ1n) is 8.33. The summed E-state index contributed by atoms with van der Waals surface area (Å²) >= 11 is 0. The second-order valence-corrected chi connectivity index (χ2v) is 6.07. The van der Waals surface area contributed by atoms with E-state index in [4.69, 9.17) is 14.2 Å². The fourth-order valence-electron chi connectivity index (χ4n) is 1.96. The molecule has 1 aromatic carbocycles. The Hall–Kier alpha value is -1.14. The number of hydrogen-bond donors (Lipinski definition) is 2. The van der Waals surface area contributed by atoms with Crippen molar-refractivity contribution in [3.63, 3.8) is 0 Å². The number of nitrogens with one attached hydrogen (secondary N) is 1. The Morgan fingerprint density at radius 3 is 2.26 bits per heavy atom. The molecule has 0 aromatic heterocycles. The molecule has 5 heteroatoms. The maximum absolute atomic E-state index is 9.84. The molecule has 5 nitrogen and oxygen atoms in total. The summed E-state index contributed by atoms with van der Waals surface area (Å²) in [4.78, 5) is 0. The molecule has 0 bridgehead atoms. The van der Waals surface area contributed by atoms with Gasteiger partial charge in [0.25, 0.3) is 0 Å². The maximum Gasteiger partial charge on any atom is 0.184 e. The summed E-state index contributed by atoms with van der Waals surface area (Å²) < 4.78 is 17.0. The molecule has 1 aromatic rings. The molecule has 0 aliphatic heterocycles. The van der Waals surface area contributed by atoms with E-state index in [1.54, 1.807) is 0 Å². The summed E-state index contributed by atoms with van der Waals surface area (Å²) in [5.41, 5.74) is 0.954. The number of hydrogen-bond acceptors (Lipinski definition) is 5. The predicted octanol–water partition coefficient (Wildman–Crippen LogP) is 2.88. The van der Waals surface area contributed by atoms with Crippen molar-refractivity contribution in [2.75, 3.05) is 19.8 Å². The lowest BCUT2D eigenvalue weighted by atomic mass is 10.2. The molecular weight excluding hydrogens is 294 g/mol. The van der Waals surface area contributed by atoms with E-state index in [2.05, 4.69) is 5.32 Å². The van der Waals surface area contributed by atoms with Gasteiger partial charge in [-0.2, -0.15) is 0 Å². The van der Waals surface area contributed by atoms with Crippen LogP contribution in [0.25, 0.3) is 0 Å². The third kappa shape index (κ3) is 8.32. The second kappa shape index (κ2) is 10.6. The van der Waals surface area contributed by atoms with Crippen LogP contribution >= 0.6 is 0 Å². The highest BCUT2D eigenvalue weighted by Gasteiger charge is 2.14. The SMILES string of the molecule is CCOC(OC(C)C)c1ccc(OCC(O)CNC(C)C)cc1. The predicted molar refractivity (Wildman–Crippen MR) is 91.7 cm³/mol. The molecule has 0 saturated heterocycles. The Labute approximate surface area is 139 Å². The van der Waals surface area contributed by atoms with E-state index in [0.717, 1.165) is 11.3 Å². The van der Waals surface area contributed by atoms with Crippen molar-refractivity contribution >= 4 is 0 Å². The van der Waals surface area contributed by atoms with Gasteiger partial charge in [-0.25, -0.2) is 0 Å². The lowest BCUT2D eigenvalue weighted by Crippen LogP contribution is -2.35. The highest BCUT2D eigenvalue weighted by molar-refractivity contribution is 5.28. The smallest absolute Gasteiger partial charge is 0.184 e. The van der Waals surface area contributed by atoms with Gasteiger partial charge in [-0.1, -0.05) is 26.0 Å². The van der Waals surface area contributed by atoms with Gasteiger partial charge in [0.05, 0.1) is 6.10 Å². The fraction of sp³-hybridized carbons (Fsp3) is 0.667. The van der Waals surface area contributed by atoms with Crippen molar-refractivity contribution in [2.24, 2.45) is 0 Å². The molecule has 0 heterocycles. The van der Waals surface area contributed by atoms with Crippen molar-refractivity contribution in [3.8, 4) is 5.75 Å². The van der Waals surface area contributed by atoms with E-state index >= 15 is 0 Å². The zero-order valence-electron chi connectivity index (χ0n) is 14.9. The molecule has 0 aliphatic rings. The summed E-state index contributed by atoms with van der Waals surface area (Å²) in [6.07, 6.45) is -0.807. The summed E-state index contributed by atoms with van der Waals surface area (Å²) in [5.74, 6) is 0.720. The quantitative estimate of drug-likeness (QED) is 0.613. The minimum Gasteiger partial charge on any atom is -0.491 e. The Morgan fingerprint density at radius 2 is 1.74 bits per heavy atom.